The normalized spacial score (nSPS) is 22.9. The summed E-state index contributed by atoms with van der Waals surface area (Å²) in [5, 5.41) is 7.08. The van der Waals surface area contributed by atoms with Crippen molar-refractivity contribution < 1.29 is 9.59 Å². The molecule has 160 valence electrons. The van der Waals surface area contributed by atoms with Crippen LogP contribution in [0, 0.1) is 6.92 Å². The second-order valence-electron chi connectivity index (χ2n) is 8.46. The van der Waals surface area contributed by atoms with E-state index in [1.54, 1.807) is 4.90 Å². The maximum absolute atomic E-state index is 13.6. The Morgan fingerprint density at radius 2 is 1.80 bits per heavy atom. The second kappa shape index (κ2) is 8.55. The number of hydrogen-bond acceptors (Lipinski definition) is 5. The van der Waals surface area contributed by atoms with Crippen LogP contribution < -0.4 is 0 Å². The van der Waals surface area contributed by atoms with Crippen LogP contribution in [-0.2, 0) is 11.3 Å². The molecule has 1 aromatic carbocycles. The molecule has 2 amide bonds. The third-order valence-electron chi connectivity index (χ3n) is 6.29. The zero-order chi connectivity index (χ0) is 21.1. The molecular weight excluding hydrogens is 380 g/mol. The number of carbonyl (C=O) groups is 2. The van der Waals surface area contributed by atoms with E-state index in [1.165, 1.54) is 0 Å². The lowest BCUT2D eigenvalue weighted by Gasteiger charge is -2.47. The SMILES string of the molecule is Cc1nc(CN2CCN(C(=O)[C@]3(C)CCCCN3C(=O)c3ccccc3)CC2)n[nH]1. The Kier molecular flexibility index (Phi) is 5.85. The molecule has 8 nitrogen and oxygen atoms in total. The first-order valence-electron chi connectivity index (χ1n) is 10.7. The first-order chi connectivity index (χ1) is 14.5. The second-order valence-corrected chi connectivity index (χ2v) is 8.46. The molecule has 1 aromatic heterocycles. The van der Waals surface area contributed by atoms with Gasteiger partial charge in [0.25, 0.3) is 5.91 Å². The zero-order valence-corrected chi connectivity index (χ0v) is 17.8. The van der Waals surface area contributed by atoms with Crippen molar-refractivity contribution in [1.82, 2.24) is 29.9 Å². The van der Waals surface area contributed by atoms with Gasteiger partial charge in [0.2, 0.25) is 5.91 Å². The van der Waals surface area contributed by atoms with Crippen LogP contribution in [0.4, 0.5) is 0 Å². The first-order valence-corrected chi connectivity index (χ1v) is 10.7. The zero-order valence-electron chi connectivity index (χ0n) is 17.8. The molecule has 0 bridgehead atoms. The summed E-state index contributed by atoms with van der Waals surface area (Å²) in [4.78, 5) is 37.1. The fourth-order valence-corrected chi connectivity index (χ4v) is 4.51. The van der Waals surface area contributed by atoms with E-state index < -0.39 is 5.54 Å². The lowest BCUT2D eigenvalue weighted by Crippen LogP contribution is -2.63. The molecule has 2 fully saturated rings. The molecule has 0 radical (unpaired) electrons. The summed E-state index contributed by atoms with van der Waals surface area (Å²) in [5.74, 6) is 1.61. The van der Waals surface area contributed by atoms with E-state index in [9.17, 15) is 9.59 Å². The van der Waals surface area contributed by atoms with Crippen LogP contribution in [-0.4, -0.2) is 80.0 Å². The largest absolute Gasteiger partial charge is 0.338 e. The highest BCUT2D eigenvalue weighted by atomic mass is 16.2. The van der Waals surface area contributed by atoms with Gasteiger partial charge in [0, 0.05) is 38.3 Å². The minimum absolute atomic E-state index is 0.0511. The smallest absolute Gasteiger partial charge is 0.254 e. The summed E-state index contributed by atoms with van der Waals surface area (Å²) >= 11 is 0. The van der Waals surface area contributed by atoms with E-state index in [0.29, 0.717) is 38.2 Å². The summed E-state index contributed by atoms with van der Waals surface area (Å²) in [5.41, 5.74) is -0.140. The van der Waals surface area contributed by atoms with Crippen LogP contribution in [0.1, 0.15) is 48.2 Å². The average Bonchev–Trinajstić information content (AvgIpc) is 3.18. The van der Waals surface area contributed by atoms with Crippen LogP contribution in [0.2, 0.25) is 0 Å². The average molecular weight is 411 g/mol. The van der Waals surface area contributed by atoms with Gasteiger partial charge >= 0.3 is 0 Å². The van der Waals surface area contributed by atoms with Gasteiger partial charge < -0.3 is 9.80 Å². The van der Waals surface area contributed by atoms with Gasteiger partial charge in [0.15, 0.2) is 5.82 Å². The Balaban J connectivity index is 1.42. The number of aryl methyl sites for hydroxylation is 1. The standard InChI is InChI=1S/C22H30N6O2/c1-17-23-19(25-24-17)16-26-12-14-27(15-13-26)21(30)22(2)10-6-7-11-28(22)20(29)18-8-4-3-5-9-18/h3-5,8-9H,6-7,10-16H2,1-2H3,(H,23,24,25)/t22-/m0/s1. The van der Waals surface area contributed by atoms with E-state index in [0.717, 1.165) is 37.6 Å². The Labute approximate surface area is 177 Å². The number of hydrogen-bond donors (Lipinski definition) is 1. The van der Waals surface area contributed by atoms with Gasteiger partial charge in [-0.2, -0.15) is 5.10 Å². The number of H-pyrrole nitrogens is 1. The highest BCUT2D eigenvalue weighted by Gasteiger charge is 2.46. The minimum atomic E-state index is -0.784. The number of carbonyl (C=O) groups excluding carboxylic acids is 2. The Bertz CT molecular complexity index is 890. The monoisotopic (exact) mass is 410 g/mol. The third kappa shape index (κ3) is 4.09. The van der Waals surface area contributed by atoms with Crippen molar-refractivity contribution in [3.05, 3.63) is 47.5 Å². The van der Waals surface area contributed by atoms with Crippen molar-refractivity contribution in [3.8, 4) is 0 Å². The van der Waals surface area contributed by atoms with Crippen molar-refractivity contribution in [2.24, 2.45) is 0 Å². The first kappa shape index (κ1) is 20.5. The molecule has 8 heteroatoms. The molecule has 2 aliphatic rings. The van der Waals surface area contributed by atoms with Crippen molar-refractivity contribution in [2.45, 2.75) is 45.2 Å². The molecule has 2 saturated heterocycles. The van der Waals surface area contributed by atoms with Crippen LogP contribution in [0.15, 0.2) is 30.3 Å². The Hall–Kier alpha value is -2.74. The number of aromatic amines is 1. The summed E-state index contributed by atoms with van der Waals surface area (Å²) in [6, 6.07) is 9.28. The number of aromatic nitrogens is 3. The highest BCUT2D eigenvalue weighted by molar-refractivity contribution is 5.99. The maximum Gasteiger partial charge on any atom is 0.254 e. The fourth-order valence-electron chi connectivity index (χ4n) is 4.51. The van der Waals surface area contributed by atoms with E-state index >= 15 is 0 Å². The number of amides is 2. The molecule has 0 unspecified atom stereocenters. The Morgan fingerprint density at radius 3 is 2.47 bits per heavy atom. The molecule has 30 heavy (non-hydrogen) atoms. The summed E-state index contributed by atoms with van der Waals surface area (Å²) in [6.45, 7) is 8.02. The van der Waals surface area contributed by atoms with Crippen LogP contribution in [0.5, 0.6) is 0 Å². The van der Waals surface area contributed by atoms with Crippen molar-refractivity contribution >= 4 is 11.8 Å². The van der Waals surface area contributed by atoms with Crippen LogP contribution >= 0.6 is 0 Å². The highest BCUT2D eigenvalue weighted by Crippen LogP contribution is 2.32. The van der Waals surface area contributed by atoms with Crippen molar-refractivity contribution in [1.29, 1.82) is 0 Å². The van der Waals surface area contributed by atoms with Gasteiger partial charge in [-0.05, 0) is 45.2 Å². The number of rotatable bonds is 4. The predicted molar refractivity (Wildman–Crippen MR) is 113 cm³/mol. The van der Waals surface area contributed by atoms with Crippen molar-refractivity contribution in [2.75, 3.05) is 32.7 Å². The molecule has 3 heterocycles. The summed E-state index contributed by atoms with van der Waals surface area (Å²) < 4.78 is 0. The summed E-state index contributed by atoms with van der Waals surface area (Å²) in [7, 11) is 0. The van der Waals surface area contributed by atoms with Gasteiger partial charge in [0.1, 0.15) is 11.4 Å². The quantitative estimate of drug-likeness (QED) is 0.831. The van der Waals surface area contributed by atoms with E-state index in [-0.39, 0.29) is 11.8 Å². The molecule has 1 N–H and O–H groups in total. The van der Waals surface area contributed by atoms with E-state index in [4.69, 9.17) is 0 Å². The minimum Gasteiger partial charge on any atom is -0.338 e. The number of benzene rings is 1. The molecule has 2 aliphatic heterocycles. The lowest BCUT2D eigenvalue weighted by atomic mass is 9.86. The Morgan fingerprint density at radius 1 is 1.07 bits per heavy atom. The number of nitrogens with zero attached hydrogens (tertiary/aromatic N) is 5. The topological polar surface area (TPSA) is 85.4 Å². The molecular formula is C22H30N6O2. The number of piperazine rings is 1. The number of piperidine rings is 1. The van der Waals surface area contributed by atoms with Gasteiger partial charge in [-0.25, -0.2) is 4.98 Å². The maximum atomic E-state index is 13.6. The molecule has 2 aromatic rings. The third-order valence-corrected chi connectivity index (χ3v) is 6.29. The molecule has 1 atom stereocenters. The predicted octanol–water partition coefficient (Wildman–Crippen LogP) is 1.84. The van der Waals surface area contributed by atoms with Gasteiger partial charge in [-0.1, -0.05) is 18.2 Å². The molecule has 0 saturated carbocycles. The van der Waals surface area contributed by atoms with Crippen LogP contribution in [0.25, 0.3) is 0 Å². The molecule has 0 spiro atoms. The fraction of sp³-hybridized carbons (Fsp3) is 0.545. The lowest BCUT2D eigenvalue weighted by molar-refractivity contribution is -0.146. The number of nitrogens with one attached hydrogen (secondary N) is 1. The van der Waals surface area contributed by atoms with Crippen LogP contribution in [0.3, 0.4) is 0 Å². The van der Waals surface area contributed by atoms with E-state index in [1.807, 2.05) is 49.1 Å². The summed E-state index contributed by atoms with van der Waals surface area (Å²) in [6.07, 6.45) is 2.61. The van der Waals surface area contributed by atoms with Gasteiger partial charge in [-0.15, -0.1) is 0 Å². The van der Waals surface area contributed by atoms with Crippen molar-refractivity contribution in [3.63, 3.8) is 0 Å². The number of likely N-dealkylation sites (tertiary alicyclic amines) is 1. The molecule has 4 rings (SSSR count). The van der Waals surface area contributed by atoms with Gasteiger partial charge in [-0.3, -0.25) is 19.6 Å². The van der Waals surface area contributed by atoms with Gasteiger partial charge in [0.05, 0.1) is 6.54 Å². The van der Waals surface area contributed by atoms with E-state index in [2.05, 4.69) is 20.1 Å². The molecule has 0 aliphatic carbocycles.